The van der Waals surface area contributed by atoms with E-state index < -0.39 is 0 Å². The predicted octanol–water partition coefficient (Wildman–Crippen LogP) is 3.24. The largest absolute Gasteiger partial charge is 0.497 e. The molecule has 27 heavy (non-hydrogen) atoms. The number of amides is 1. The molecule has 4 rings (SSSR count). The van der Waals surface area contributed by atoms with Gasteiger partial charge in [0.05, 0.1) is 19.3 Å². The molecule has 0 radical (unpaired) electrons. The number of ether oxygens (including phenoxy) is 1. The van der Waals surface area contributed by atoms with Gasteiger partial charge in [-0.3, -0.25) is 10.1 Å². The Morgan fingerprint density at radius 3 is 2.67 bits per heavy atom. The van der Waals surface area contributed by atoms with Crippen molar-refractivity contribution in [1.29, 1.82) is 0 Å². The molecule has 0 spiro atoms. The lowest BCUT2D eigenvalue weighted by Gasteiger charge is -2.25. The Hall–Kier alpha value is -2.83. The summed E-state index contributed by atoms with van der Waals surface area (Å²) in [4.78, 5) is 12.2. The minimum atomic E-state index is -0.124. The fourth-order valence-electron chi connectivity index (χ4n) is 3.07. The van der Waals surface area contributed by atoms with Gasteiger partial charge < -0.3 is 10.1 Å². The second kappa shape index (κ2) is 7.42. The fraction of sp³-hybridized carbons (Fsp3) is 0.200. The van der Waals surface area contributed by atoms with E-state index in [0.717, 1.165) is 22.6 Å². The molecule has 0 aliphatic carbocycles. The van der Waals surface area contributed by atoms with Crippen molar-refractivity contribution in [1.82, 2.24) is 20.4 Å². The average Bonchev–Trinajstić information content (AvgIpc) is 3.15. The van der Waals surface area contributed by atoms with Crippen LogP contribution < -0.4 is 15.4 Å². The standard InChI is InChI=1S/C20H19ClN4O2/c1-27-16-8-2-13(3-9-16)11-22-19-12-23-20(26)18-10-17(24-25(18)19)14-4-6-15(21)7-5-14/h2-10,19,22H,11-12H2,1H3,(H,23,26). The van der Waals surface area contributed by atoms with Crippen molar-refractivity contribution in [2.24, 2.45) is 0 Å². The first-order valence-electron chi connectivity index (χ1n) is 8.64. The molecule has 0 saturated carbocycles. The number of rotatable bonds is 5. The number of nitrogens with zero attached hydrogens (tertiary/aromatic N) is 2. The first-order chi connectivity index (χ1) is 13.1. The Balaban J connectivity index is 1.55. The van der Waals surface area contributed by atoms with Crippen LogP contribution in [0.4, 0.5) is 0 Å². The number of carbonyl (C=O) groups excluding carboxylic acids is 1. The third-order valence-corrected chi connectivity index (χ3v) is 4.81. The van der Waals surface area contributed by atoms with Crippen LogP contribution in [-0.2, 0) is 6.54 Å². The number of halogens is 1. The maximum Gasteiger partial charge on any atom is 0.269 e. The summed E-state index contributed by atoms with van der Waals surface area (Å²) in [6.07, 6.45) is -0.124. The topological polar surface area (TPSA) is 68.2 Å². The second-order valence-corrected chi connectivity index (χ2v) is 6.76. The summed E-state index contributed by atoms with van der Waals surface area (Å²) in [5.41, 5.74) is 3.33. The van der Waals surface area contributed by atoms with Gasteiger partial charge in [-0.2, -0.15) is 5.10 Å². The minimum Gasteiger partial charge on any atom is -0.497 e. The van der Waals surface area contributed by atoms with Gasteiger partial charge in [0, 0.05) is 17.1 Å². The molecule has 1 aliphatic rings. The van der Waals surface area contributed by atoms with E-state index in [-0.39, 0.29) is 12.1 Å². The Bertz CT molecular complexity index is 951. The normalized spacial score (nSPS) is 15.9. The quantitative estimate of drug-likeness (QED) is 0.710. The summed E-state index contributed by atoms with van der Waals surface area (Å²) in [6, 6.07) is 17.1. The summed E-state index contributed by atoms with van der Waals surface area (Å²) < 4.78 is 6.94. The maximum absolute atomic E-state index is 12.2. The average molecular weight is 383 g/mol. The lowest BCUT2D eigenvalue weighted by atomic mass is 10.1. The number of carbonyl (C=O) groups is 1. The molecule has 2 heterocycles. The lowest BCUT2D eigenvalue weighted by molar-refractivity contribution is 0.0900. The van der Waals surface area contributed by atoms with Gasteiger partial charge in [-0.1, -0.05) is 35.9 Å². The van der Waals surface area contributed by atoms with Gasteiger partial charge in [0.15, 0.2) is 0 Å². The zero-order valence-electron chi connectivity index (χ0n) is 14.8. The van der Waals surface area contributed by atoms with Crippen molar-refractivity contribution in [3.05, 3.63) is 70.9 Å². The number of methoxy groups -OCH3 is 1. The lowest BCUT2D eigenvalue weighted by Crippen LogP contribution is -2.45. The van der Waals surface area contributed by atoms with Gasteiger partial charge in [-0.25, -0.2) is 4.68 Å². The monoisotopic (exact) mass is 382 g/mol. The summed E-state index contributed by atoms with van der Waals surface area (Å²) in [6.45, 7) is 1.13. The highest BCUT2D eigenvalue weighted by Gasteiger charge is 2.27. The molecule has 6 nitrogen and oxygen atoms in total. The molecule has 3 aromatic rings. The highest BCUT2D eigenvalue weighted by atomic mass is 35.5. The number of benzene rings is 2. The molecule has 1 unspecified atom stereocenters. The molecule has 1 atom stereocenters. The van der Waals surface area contributed by atoms with Gasteiger partial charge in [0.2, 0.25) is 0 Å². The zero-order chi connectivity index (χ0) is 18.8. The van der Waals surface area contributed by atoms with Crippen molar-refractivity contribution in [3.8, 4) is 17.0 Å². The molecule has 2 N–H and O–H groups in total. The molecule has 1 aliphatic heterocycles. The van der Waals surface area contributed by atoms with E-state index in [9.17, 15) is 4.79 Å². The Morgan fingerprint density at radius 1 is 1.22 bits per heavy atom. The van der Waals surface area contributed by atoms with Crippen molar-refractivity contribution in [3.63, 3.8) is 0 Å². The predicted molar refractivity (Wildman–Crippen MR) is 104 cm³/mol. The number of hydrogen-bond acceptors (Lipinski definition) is 4. The van der Waals surface area contributed by atoms with Crippen LogP contribution in [-0.4, -0.2) is 29.3 Å². The number of nitrogens with one attached hydrogen (secondary N) is 2. The number of hydrogen-bond donors (Lipinski definition) is 2. The van der Waals surface area contributed by atoms with E-state index in [1.807, 2.05) is 48.5 Å². The molecular weight excluding hydrogens is 364 g/mol. The molecule has 1 amide bonds. The van der Waals surface area contributed by atoms with Gasteiger partial charge in [-0.05, 0) is 35.9 Å². The highest BCUT2D eigenvalue weighted by Crippen LogP contribution is 2.24. The van der Waals surface area contributed by atoms with Crippen LogP contribution in [0.5, 0.6) is 5.75 Å². The molecule has 2 aromatic carbocycles. The van der Waals surface area contributed by atoms with Gasteiger partial charge in [0.25, 0.3) is 5.91 Å². The van der Waals surface area contributed by atoms with Crippen LogP contribution in [0.15, 0.2) is 54.6 Å². The smallest absolute Gasteiger partial charge is 0.269 e. The van der Waals surface area contributed by atoms with E-state index in [1.165, 1.54) is 0 Å². The van der Waals surface area contributed by atoms with Crippen molar-refractivity contribution in [2.45, 2.75) is 12.7 Å². The summed E-state index contributed by atoms with van der Waals surface area (Å²) in [5, 5.41) is 11.7. The van der Waals surface area contributed by atoms with E-state index in [0.29, 0.717) is 23.8 Å². The SMILES string of the molecule is COc1ccc(CNC2CNC(=O)c3cc(-c4ccc(Cl)cc4)nn32)cc1. The molecular formula is C20H19ClN4O2. The summed E-state index contributed by atoms with van der Waals surface area (Å²) in [5.74, 6) is 0.704. The molecule has 0 bridgehead atoms. The fourth-order valence-corrected chi connectivity index (χ4v) is 3.19. The number of aromatic nitrogens is 2. The number of fused-ring (bicyclic) bond motifs is 1. The van der Waals surface area contributed by atoms with Crippen LogP contribution in [0, 0.1) is 0 Å². The van der Waals surface area contributed by atoms with E-state index in [2.05, 4.69) is 15.7 Å². The summed E-state index contributed by atoms with van der Waals surface area (Å²) >= 11 is 5.96. The van der Waals surface area contributed by atoms with Gasteiger partial charge >= 0.3 is 0 Å². The molecule has 0 fully saturated rings. The van der Waals surface area contributed by atoms with Crippen molar-refractivity contribution < 1.29 is 9.53 Å². The molecule has 0 saturated heterocycles. The minimum absolute atomic E-state index is 0.120. The maximum atomic E-state index is 12.2. The second-order valence-electron chi connectivity index (χ2n) is 6.32. The molecule has 1 aromatic heterocycles. The van der Waals surface area contributed by atoms with Crippen LogP contribution in [0.3, 0.4) is 0 Å². The van der Waals surface area contributed by atoms with E-state index in [4.69, 9.17) is 16.3 Å². The summed E-state index contributed by atoms with van der Waals surface area (Å²) in [7, 11) is 1.65. The van der Waals surface area contributed by atoms with Crippen LogP contribution >= 0.6 is 11.6 Å². The first kappa shape index (κ1) is 17.6. The Kier molecular flexibility index (Phi) is 4.83. The first-order valence-corrected chi connectivity index (χ1v) is 9.02. The Morgan fingerprint density at radius 2 is 1.96 bits per heavy atom. The van der Waals surface area contributed by atoms with Crippen LogP contribution in [0.1, 0.15) is 22.2 Å². The molecule has 138 valence electrons. The molecule has 7 heteroatoms. The van der Waals surface area contributed by atoms with Crippen molar-refractivity contribution in [2.75, 3.05) is 13.7 Å². The van der Waals surface area contributed by atoms with E-state index in [1.54, 1.807) is 17.9 Å². The van der Waals surface area contributed by atoms with Crippen LogP contribution in [0.2, 0.25) is 5.02 Å². The zero-order valence-corrected chi connectivity index (χ0v) is 15.5. The van der Waals surface area contributed by atoms with Crippen molar-refractivity contribution >= 4 is 17.5 Å². The van der Waals surface area contributed by atoms with E-state index >= 15 is 0 Å². The highest BCUT2D eigenvalue weighted by molar-refractivity contribution is 6.30. The van der Waals surface area contributed by atoms with Gasteiger partial charge in [0.1, 0.15) is 17.6 Å². The third-order valence-electron chi connectivity index (χ3n) is 4.56. The van der Waals surface area contributed by atoms with Gasteiger partial charge in [-0.15, -0.1) is 0 Å². The Labute approximate surface area is 162 Å². The third kappa shape index (κ3) is 3.67. The van der Waals surface area contributed by atoms with Crippen LogP contribution in [0.25, 0.3) is 11.3 Å².